The number of aromatic amines is 1. The van der Waals surface area contributed by atoms with Crippen molar-refractivity contribution in [2.24, 2.45) is 0 Å². The van der Waals surface area contributed by atoms with Crippen LogP contribution in [0.1, 0.15) is 26.6 Å². The van der Waals surface area contributed by atoms with Crippen molar-refractivity contribution in [3.8, 4) is 0 Å². The van der Waals surface area contributed by atoms with Crippen molar-refractivity contribution in [1.82, 2.24) is 14.6 Å². The molecule has 4 nitrogen and oxygen atoms in total. The molecule has 0 aliphatic carbocycles. The van der Waals surface area contributed by atoms with Crippen molar-refractivity contribution >= 4 is 5.65 Å². The maximum Gasteiger partial charge on any atom is 0.271 e. The van der Waals surface area contributed by atoms with Gasteiger partial charge in [-0.1, -0.05) is 26.8 Å². The first kappa shape index (κ1) is 8.99. The average Bonchev–Trinajstić information content (AvgIpc) is 2.48. The van der Waals surface area contributed by atoms with E-state index in [-0.39, 0.29) is 11.0 Å². The maximum absolute atomic E-state index is 11.4. The Hall–Kier alpha value is -1.58. The molecule has 2 rings (SSSR count). The van der Waals surface area contributed by atoms with Gasteiger partial charge >= 0.3 is 0 Å². The highest BCUT2D eigenvalue weighted by Gasteiger charge is 2.18. The lowest BCUT2D eigenvalue weighted by Crippen LogP contribution is -2.16. The summed E-state index contributed by atoms with van der Waals surface area (Å²) in [4.78, 5) is 15.8. The molecular weight excluding hydrogens is 178 g/mol. The van der Waals surface area contributed by atoms with Gasteiger partial charge in [-0.2, -0.15) is 0 Å². The molecule has 0 fully saturated rings. The van der Waals surface area contributed by atoms with Crippen LogP contribution in [0.4, 0.5) is 0 Å². The predicted molar refractivity (Wildman–Crippen MR) is 54.5 cm³/mol. The number of hydrogen-bond acceptors (Lipinski definition) is 2. The van der Waals surface area contributed by atoms with Crippen LogP contribution in [0, 0.1) is 0 Å². The zero-order chi connectivity index (χ0) is 10.3. The molecule has 0 radical (unpaired) electrons. The summed E-state index contributed by atoms with van der Waals surface area (Å²) < 4.78 is 1.46. The Labute approximate surface area is 81.6 Å². The van der Waals surface area contributed by atoms with Gasteiger partial charge < -0.3 is 0 Å². The molecular formula is C10H13N3O. The van der Waals surface area contributed by atoms with Crippen LogP contribution >= 0.6 is 0 Å². The van der Waals surface area contributed by atoms with Crippen LogP contribution in [-0.4, -0.2) is 14.6 Å². The highest BCUT2D eigenvalue weighted by Crippen LogP contribution is 2.17. The summed E-state index contributed by atoms with van der Waals surface area (Å²) in [5.74, 6) is 0.820. The Morgan fingerprint density at radius 2 is 2.07 bits per heavy atom. The second-order valence-electron chi connectivity index (χ2n) is 4.38. The zero-order valence-electron chi connectivity index (χ0n) is 8.53. The van der Waals surface area contributed by atoms with Crippen LogP contribution in [0.3, 0.4) is 0 Å². The van der Waals surface area contributed by atoms with E-state index in [1.165, 1.54) is 10.6 Å². The van der Waals surface area contributed by atoms with Crippen LogP contribution in [0.5, 0.6) is 0 Å². The van der Waals surface area contributed by atoms with Gasteiger partial charge in [-0.3, -0.25) is 9.89 Å². The zero-order valence-corrected chi connectivity index (χ0v) is 8.53. The number of aromatic nitrogens is 3. The third-order valence-corrected chi connectivity index (χ3v) is 2.09. The molecule has 0 unspecified atom stereocenters. The molecule has 74 valence electrons. The van der Waals surface area contributed by atoms with E-state index in [1.54, 1.807) is 6.07 Å². The van der Waals surface area contributed by atoms with Gasteiger partial charge in [0.1, 0.15) is 5.82 Å². The number of nitrogens with zero attached hydrogens (tertiary/aromatic N) is 2. The molecule has 0 spiro atoms. The molecule has 2 heterocycles. The summed E-state index contributed by atoms with van der Waals surface area (Å²) in [6.07, 6.45) is 0. The number of pyridine rings is 1. The molecule has 0 aliphatic heterocycles. The van der Waals surface area contributed by atoms with E-state index in [0.717, 1.165) is 5.82 Å². The molecule has 0 aliphatic rings. The van der Waals surface area contributed by atoms with E-state index >= 15 is 0 Å². The smallest absolute Gasteiger partial charge is 0.271 e. The molecule has 0 amide bonds. The van der Waals surface area contributed by atoms with Gasteiger partial charge in [0.2, 0.25) is 0 Å². The van der Waals surface area contributed by atoms with Crippen molar-refractivity contribution in [2.75, 3.05) is 0 Å². The van der Waals surface area contributed by atoms with Gasteiger partial charge in [0, 0.05) is 11.5 Å². The summed E-state index contributed by atoms with van der Waals surface area (Å²) in [6, 6.07) is 5.04. The number of fused-ring (bicyclic) bond motifs is 1. The van der Waals surface area contributed by atoms with E-state index in [4.69, 9.17) is 0 Å². The van der Waals surface area contributed by atoms with Crippen molar-refractivity contribution in [3.05, 3.63) is 34.4 Å². The van der Waals surface area contributed by atoms with E-state index in [1.807, 2.05) is 6.07 Å². The maximum atomic E-state index is 11.4. The Morgan fingerprint density at radius 3 is 2.64 bits per heavy atom. The van der Waals surface area contributed by atoms with Crippen LogP contribution in [0.15, 0.2) is 23.0 Å². The van der Waals surface area contributed by atoms with Crippen molar-refractivity contribution in [2.45, 2.75) is 26.2 Å². The number of nitrogens with one attached hydrogen (secondary N) is 1. The molecule has 1 N–H and O–H groups in total. The number of rotatable bonds is 0. The highest BCUT2D eigenvalue weighted by atomic mass is 16.1. The van der Waals surface area contributed by atoms with Gasteiger partial charge in [0.05, 0.1) is 0 Å². The summed E-state index contributed by atoms with van der Waals surface area (Å²) >= 11 is 0. The second kappa shape index (κ2) is 2.70. The molecule has 4 heteroatoms. The predicted octanol–water partition coefficient (Wildman–Crippen LogP) is 1.32. The average molecular weight is 191 g/mol. The Morgan fingerprint density at radius 1 is 1.36 bits per heavy atom. The minimum atomic E-state index is -0.0782. The lowest BCUT2D eigenvalue weighted by Gasteiger charge is -2.12. The molecule has 14 heavy (non-hydrogen) atoms. The van der Waals surface area contributed by atoms with Gasteiger partial charge in [0.25, 0.3) is 5.56 Å². The fraction of sp³-hybridized carbons (Fsp3) is 0.400. The third kappa shape index (κ3) is 1.32. The highest BCUT2D eigenvalue weighted by molar-refractivity contribution is 5.37. The van der Waals surface area contributed by atoms with Gasteiger partial charge in [-0.05, 0) is 6.07 Å². The normalized spacial score (nSPS) is 12.2. The second-order valence-corrected chi connectivity index (χ2v) is 4.38. The lowest BCUT2D eigenvalue weighted by molar-refractivity contribution is 0.544. The third-order valence-electron chi connectivity index (χ3n) is 2.09. The van der Waals surface area contributed by atoms with E-state index in [9.17, 15) is 4.79 Å². The van der Waals surface area contributed by atoms with Crippen LogP contribution in [0.2, 0.25) is 0 Å². The van der Waals surface area contributed by atoms with Crippen LogP contribution < -0.4 is 5.56 Å². The quantitative estimate of drug-likeness (QED) is 0.682. The number of H-pyrrole nitrogens is 1. The Balaban J connectivity index is 2.75. The molecule has 0 atom stereocenters. The molecule has 2 aromatic rings. The monoisotopic (exact) mass is 191 g/mol. The van der Waals surface area contributed by atoms with Crippen LogP contribution in [-0.2, 0) is 5.41 Å². The molecule has 0 saturated heterocycles. The van der Waals surface area contributed by atoms with Crippen LogP contribution in [0.25, 0.3) is 5.65 Å². The van der Waals surface area contributed by atoms with E-state index in [2.05, 4.69) is 30.9 Å². The van der Waals surface area contributed by atoms with Gasteiger partial charge in [-0.25, -0.2) is 9.50 Å². The molecule has 2 aromatic heterocycles. The molecule has 0 saturated carbocycles. The SMILES string of the molecule is CC(C)(C)c1nc2cccc(=O)n2[nH]1. The van der Waals surface area contributed by atoms with E-state index < -0.39 is 0 Å². The van der Waals surface area contributed by atoms with Crippen molar-refractivity contribution < 1.29 is 0 Å². The number of hydrogen-bond donors (Lipinski definition) is 1. The minimum Gasteiger partial charge on any atom is -0.276 e. The van der Waals surface area contributed by atoms with Gasteiger partial charge in [0.15, 0.2) is 5.65 Å². The fourth-order valence-electron chi connectivity index (χ4n) is 1.26. The standard InChI is InChI=1S/C10H13N3O/c1-10(2,3)9-11-7-5-4-6-8(14)13(7)12-9/h4-6H,1-3H3,(H,11,12). The summed E-state index contributed by atoms with van der Waals surface area (Å²) in [6.45, 7) is 6.15. The first-order valence-corrected chi connectivity index (χ1v) is 4.57. The Kier molecular flexibility index (Phi) is 1.74. The first-order valence-electron chi connectivity index (χ1n) is 4.57. The molecule has 0 aromatic carbocycles. The minimum absolute atomic E-state index is 0.0710. The largest absolute Gasteiger partial charge is 0.276 e. The lowest BCUT2D eigenvalue weighted by atomic mass is 9.96. The van der Waals surface area contributed by atoms with E-state index in [0.29, 0.717) is 5.65 Å². The topological polar surface area (TPSA) is 50.2 Å². The fourth-order valence-corrected chi connectivity index (χ4v) is 1.26. The van der Waals surface area contributed by atoms with Crippen molar-refractivity contribution in [3.63, 3.8) is 0 Å². The van der Waals surface area contributed by atoms with Gasteiger partial charge in [-0.15, -0.1) is 0 Å². The summed E-state index contributed by atoms with van der Waals surface area (Å²) in [5, 5.41) is 3.00. The first-order chi connectivity index (χ1) is 6.48. The Bertz CT molecular complexity index is 516. The summed E-state index contributed by atoms with van der Waals surface area (Å²) in [7, 11) is 0. The van der Waals surface area contributed by atoms with Crippen molar-refractivity contribution in [1.29, 1.82) is 0 Å². The molecule has 0 bridgehead atoms. The summed E-state index contributed by atoms with van der Waals surface area (Å²) in [5.41, 5.74) is 0.520.